The van der Waals surface area contributed by atoms with Gasteiger partial charge in [-0.2, -0.15) is 15.8 Å². The highest BCUT2D eigenvalue weighted by molar-refractivity contribution is 5.90. The van der Waals surface area contributed by atoms with Crippen molar-refractivity contribution < 1.29 is 9.47 Å². The zero-order valence-corrected chi connectivity index (χ0v) is 15.0. The SMILES string of the molecule is CC12OC(=N)C(C#N)(C1c1ccccc1)C(C#N)(C#N)C(c1ccncc1)O2. The van der Waals surface area contributed by atoms with Crippen molar-refractivity contribution in [1.82, 2.24) is 4.98 Å². The van der Waals surface area contributed by atoms with E-state index in [0.717, 1.165) is 0 Å². The molecular formula is C21H15N5O2. The van der Waals surface area contributed by atoms with E-state index in [1.165, 1.54) is 12.4 Å². The summed E-state index contributed by atoms with van der Waals surface area (Å²) in [6.45, 7) is 1.64. The van der Waals surface area contributed by atoms with E-state index in [9.17, 15) is 15.8 Å². The second-order valence-electron chi connectivity index (χ2n) is 7.02. The molecule has 2 aromatic rings. The molecule has 1 N–H and O–H groups in total. The summed E-state index contributed by atoms with van der Waals surface area (Å²) in [4.78, 5) is 3.97. The van der Waals surface area contributed by atoms with Gasteiger partial charge in [0.15, 0.2) is 5.41 Å². The molecule has 1 aromatic heterocycles. The smallest absolute Gasteiger partial charge is 0.218 e. The van der Waals surface area contributed by atoms with E-state index in [1.807, 2.05) is 18.2 Å². The number of hydrogen-bond donors (Lipinski definition) is 1. The maximum Gasteiger partial charge on any atom is 0.218 e. The molecule has 4 rings (SSSR count). The molecule has 0 aliphatic carbocycles. The largest absolute Gasteiger partial charge is 0.447 e. The summed E-state index contributed by atoms with van der Waals surface area (Å²) in [6.07, 6.45) is 1.96. The molecule has 28 heavy (non-hydrogen) atoms. The Morgan fingerprint density at radius 2 is 1.61 bits per heavy atom. The van der Waals surface area contributed by atoms with Crippen LogP contribution in [0.25, 0.3) is 0 Å². The molecule has 136 valence electrons. The van der Waals surface area contributed by atoms with Gasteiger partial charge in [0.1, 0.15) is 6.10 Å². The molecule has 2 bridgehead atoms. The van der Waals surface area contributed by atoms with Crippen molar-refractivity contribution in [2.24, 2.45) is 10.8 Å². The van der Waals surface area contributed by atoms with E-state index < -0.39 is 34.5 Å². The number of pyridine rings is 1. The van der Waals surface area contributed by atoms with E-state index in [0.29, 0.717) is 11.1 Å². The minimum absolute atomic E-state index is 0.425. The van der Waals surface area contributed by atoms with Crippen LogP contribution in [0.4, 0.5) is 0 Å². The van der Waals surface area contributed by atoms with Gasteiger partial charge in [-0.25, -0.2) is 0 Å². The van der Waals surface area contributed by atoms with Gasteiger partial charge in [-0.15, -0.1) is 0 Å². The third kappa shape index (κ3) is 1.93. The first-order valence-electron chi connectivity index (χ1n) is 8.63. The van der Waals surface area contributed by atoms with E-state index >= 15 is 0 Å². The van der Waals surface area contributed by atoms with Crippen LogP contribution in [0.5, 0.6) is 0 Å². The lowest BCUT2D eigenvalue weighted by Gasteiger charge is -2.48. The molecule has 1 aromatic carbocycles. The highest BCUT2D eigenvalue weighted by Crippen LogP contribution is 2.69. The maximum absolute atomic E-state index is 10.3. The predicted molar refractivity (Wildman–Crippen MR) is 96.2 cm³/mol. The molecule has 2 saturated heterocycles. The summed E-state index contributed by atoms with van der Waals surface area (Å²) in [5, 5.41) is 39.2. The van der Waals surface area contributed by atoms with Gasteiger partial charge in [0.25, 0.3) is 0 Å². The van der Waals surface area contributed by atoms with Crippen molar-refractivity contribution in [3.8, 4) is 18.2 Å². The molecular weight excluding hydrogens is 354 g/mol. The number of nitrogens with one attached hydrogen (secondary N) is 1. The molecule has 2 fully saturated rings. The Kier molecular flexibility index (Phi) is 3.72. The lowest BCUT2D eigenvalue weighted by atomic mass is 9.52. The van der Waals surface area contributed by atoms with Crippen LogP contribution in [0.3, 0.4) is 0 Å². The van der Waals surface area contributed by atoms with Crippen LogP contribution >= 0.6 is 0 Å². The third-order valence-electron chi connectivity index (χ3n) is 5.66. The minimum atomic E-state index is -1.99. The van der Waals surface area contributed by atoms with Crippen LogP contribution in [0.15, 0.2) is 54.9 Å². The van der Waals surface area contributed by atoms with Gasteiger partial charge in [-0.05, 0) is 23.3 Å². The number of rotatable bonds is 2. The Labute approximate surface area is 161 Å². The fourth-order valence-electron chi connectivity index (χ4n) is 4.47. The van der Waals surface area contributed by atoms with Gasteiger partial charge in [0, 0.05) is 19.3 Å². The van der Waals surface area contributed by atoms with Crippen molar-refractivity contribution in [3.63, 3.8) is 0 Å². The van der Waals surface area contributed by atoms with Crippen molar-refractivity contribution in [2.45, 2.75) is 24.7 Å². The first kappa shape index (κ1) is 17.7. The summed E-state index contributed by atoms with van der Waals surface area (Å²) in [7, 11) is 0. The molecule has 0 saturated carbocycles. The number of aromatic nitrogens is 1. The molecule has 4 unspecified atom stereocenters. The molecule has 0 amide bonds. The Morgan fingerprint density at radius 1 is 0.964 bits per heavy atom. The Morgan fingerprint density at radius 3 is 2.18 bits per heavy atom. The second kappa shape index (κ2) is 5.89. The first-order valence-corrected chi connectivity index (χ1v) is 8.63. The zero-order valence-electron chi connectivity index (χ0n) is 15.0. The standard InChI is InChI=1S/C21H15N5O2/c1-19-16(14-5-3-2-4-6-14)21(13-24,18(25)28-19)20(11-22,12-23)17(27-19)15-7-9-26-10-8-15/h2-10,16-17,25H,1H3. The van der Waals surface area contributed by atoms with Crippen LogP contribution < -0.4 is 0 Å². The monoisotopic (exact) mass is 369 g/mol. The number of fused-ring (bicyclic) bond motifs is 2. The van der Waals surface area contributed by atoms with E-state index in [1.54, 1.807) is 43.3 Å². The molecule has 2 aliphatic heterocycles. The molecule has 7 nitrogen and oxygen atoms in total. The lowest BCUT2D eigenvalue weighted by Crippen LogP contribution is -2.57. The number of benzene rings is 1. The van der Waals surface area contributed by atoms with Gasteiger partial charge in [0.2, 0.25) is 17.1 Å². The molecule has 0 spiro atoms. The number of hydrogen-bond acceptors (Lipinski definition) is 7. The zero-order chi connectivity index (χ0) is 20.0. The van der Waals surface area contributed by atoms with Gasteiger partial charge in [-0.1, -0.05) is 30.3 Å². The summed E-state index contributed by atoms with van der Waals surface area (Å²) < 4.78 is 12.0. The van der Waals surface area contributed by atoms with Gasteiger partial charge in [0.05, 0.1) is 24.1 Å². The average molecular weight is 369 g/mol. The van der Waals surface area contributed by atoms with Crippen LogP contribution in [0.2, 0.25) is 0 Å². The van der Waals surface area contributed by atoms with Gasteiger partial charge < -0.3 is 9.47 Å². The van der Waals surface area contributed by atoms with Gasteiger partial charge in [-0.3, -0.25) is 10.4 Å². The molecule has 0 radical (unpaired) electrons. The minimum Gasteiger partial charge on any atom is -0.447 e. The van der Waals surface area contributed by atoms with Crippen LogP contribution in [0, 0.1) is 50.2 Å². The average Bonchev–Trinajstić information content (AvgIpc) is 2.92. The summed E-state index contributed by atoms with van der Waals surface area (Å²) in [6, 6.07) is 18.4. The van der Waals surface area contributed by atoms with Crippen LogP contribution in [0.1, 0.15) is 30.1 Å². The molecule has 7 heteroatoms. The predicted octanol–water partition coefficient (Wildman–Crippen LogP) is 3.20. The molecule has 4 atom stereocenters. The van der Waals surface area contributed by atoms with Crippen molar-refractivity contribution in [1.29, 1.82) is 21.2 Å². The van der Waals surface area contributed by atoms with E-state index in [2.05, 4.69) is 11.1 Å². The van der Waals surface area contributed by atoms with Crippen molar-refractivity contribution in [2.75, 3.05) is 0 Å². The quantitative estimate of drug-likeness (QED) is 0.866. The number of ether oxygens (including phenoxy) is 2. The second-order valence-corrected chi connectivity index (χ2v) is 7.02. The number of nitriles is 3. The Hall–Kier alpha value is -3.73. The Bertz CT molecular complexity index is 1050. The van der Waals surface area contributed by atoms with E-state index in [4.69, 9.17) is 14.9 Å². The lowest BCUT2D eigenvalue weighted by molar-refractivity contribution is -0.253. The highest BCUT2D eigenvalue weighted by Gasteiger charge is 2.79. The summed E-state index contributed by atoms with van der Waals surface area (Å²) in [5.74, 6) is -2.64. The first-order chi connectivity index (χ1) is 13.5. The van der Waals surface area contributed by atoms with Crippen molar-refractivity contribution in [3.05, 3.63) is 66.0 Å². The summed E-state index contributed by atoms with van der Waals surface area (Å²) >= 11 is 0. The van der Waals surface area contributed by atoms with Gasteiger partial charge >= 0.3 is 0 Å². The third-order valence-corrected chi connectivity index (χ3v) is 5.66. The highest BCUT2D eigenvalue weighted by atomic mass is 16.7. The van der Waals surface area contributed by atoms with Crippen LogP contribution in [-0.2, 0) is 9.47 Å². The normalized spacial score (nSPS) is 32.4. The van der Waals surface area contributed by atoms with Crippen LogP contribution in [-0.4, -0.2) is 16.7 Å². The Balaban J connectivity index is 2.05. The fourth-order valence-corrected chi connectivity index (χ4v) is 4.47. The number of nitrogens with zero attached hydrogens (tertiary/aromatic N) is 4. The topological polar surface area (TPSA) is 127 Å². The maximum atomic E-state index is 10.3. The summed E-state index contributed by atoms with van der Waals surface area (Å²) in [5.41, 5.74) is -2.64. The van der Waals surface area contributed by atoms with Crippen molar-refractivity contribution >= 4 is 5.90 Å². The molecule has 3 heterocycles. The van der Waals surface area contributed by atoms with E-state index in [-0.39, 0.29) is 0 Å². The molecule has 2 aliphatic rings. The fraction of sp³-hybridized carbons (Fsp3) is 0.286.